The van der Waals surface area contributed by atoms with Gasteiger partial charge in [0.1, 0.15) is 18.8 Å². The summed E-state index contributed by atoms with van der Waals surface area (Å²) in [6.45, 7) is 4.11. The monoisotopic (exact) mass is 312 g/mol. The standard InChI is InChI=1S/C12H13BrN2O3/c1-2-5-14-12(16)17-7-10-11(18-10)9-4-3-8(13)6-15-9/h2-4,6,10-11H,1,5,7H2,(H,14,16)/t10-,11-/m0/s1. The normalized spacial score (nSPS) is 21.2. The van der Waals surface area contributed by atoms with Crippen molar-refractivity contribution in [2.24, 2.45) is 0 Å². The van der Waals surface area contributed by atoms with Gasteiger partial charge in [-0.15, -0.1) is 6.58 Å². The van der Waals surface area contributed by atoms with Crippen LogP contribution in [-0.4, -0.2) is 30.3 Å². The Hall–Kier alpha value is -1.40. The fraction of sp³-hybridized carbons (Fsp3) is 0.333. The minimum atomic E-state index is -0.465. The fourth-order valence-electron chi connectivity index (χ4n) is 1.45. The Morgan fingerprint density at radius 1 is 1.67 bits per heavy atom. The number of carbonyl (C=O) groups is 1. The van der Waals surface area contributed by atoms with Gasteiger partial charge in [-0.1, -0.05) is 6.08 Å². The first-order valence-corrected chi connectivity index (χ1v) is 6.28. The Balaban J connectivity index is 1.73. The molecule has 0 saturated carbocycles. The Kier molecular flexibility index (Phi) is 4.33. The second-order valence-corrected chi connectivity index (χ2v) is 4.68. The summed E-state index contributed by atoms with van der Waals surface area (Å²) in [5.74, 6) is 0. The Morgan fingerprint density at radius 2 is 2.50 bits per heavy atom. The van der Waals surface area contributed by atoms with E-state index in [-0.39, 0.29) is 18.8 Å². The maximum atomic E-state index is 11.2. The van der Waals surface area contributed by atoms with Crippen LogP contribution in [0, 0.1) is 0 Å². The highest BCUT2D eigenvalue weighted by atomic mass is 79.9. The lowest BCUT2D eigenvalue weighted by atomic mass is 10.2. The fourth-order valence-corrected chi connectivity index (χ4v) is 1.68. The van der Waals surface area contributed by atoms with Crippen molar-refractivity contribution < 1.29 is 14.3 Å². The maximum Gasteiger partial charge on any atom is 0.407 e. The third-order valence-electron chi connectivity index (χ3n) is 2.39. The molecule has 5 nitrogen and oxygen atoms in total. The lowest BCUT2D eigenvalue weighted by Crippen LogP contribution is -2.25. The lowest BCUT2D eigenvalue weighted by Gasteiger charge is -2.02. The predicted molar refractivity (Wildman–Crippen MR) is 69.1 cm³/mol. The molecule has 18 heavy (non-hydrogen) atoms. The SMILES string of the molecule is C=CCNC(=O)OC[C@@H]1O[C@H]1c1ccc(Br)cn1. The van der Waals surface area contributed by atoms with Gasteiger partial charge in [-0.2, -0.15) is 0 Å². The second kappa shape index (κ2) is 5.97. The Morgan fingerprint density at radius 3 is 3.17 bits per heavy atom. The number of amides is 1. The average molecular weight is 313 g/mol. The molecule has 1 amide bonds. The maximum absolute atomic E-state index is 11.2. The Labute approximate surface area is 113 Å². The van der Waals surface area contributed by atoms with Gasteiger partial charge in [0.15, 0.2) is 0 Å². The summed E-state index contributed by atoms with van der Waals surface area (Å²) >= 11 is 3.31. The zero-order chi connectivity index (χ0) is 13.0. The molecule has 1 fully saturated rings. The van der Waals surface area contributed by atoms with Crippen molar-refractivity contribution in [3.05, 3.63) is 41.2 Å². The van der Waals surface area contributed by atoms with E-state index in [2.05, 4.69) is 32.8 Å². The zero-order valence-corrected chi connectivity index (χ0v) is 11.2. The molecule has 1 aliphatic rings. The zero-order valence-electron chi connectivity index (χ0n) is 9.64. The van der Waals surface area contributed by atoms with Gasteiger partial charge in [-0.3, -0.25) is 4.98 Å². The summed E-state index contributed by atoms with van der Waals surface area (Å²) in [4.78, 5) is 15.4. The highest BCUT2D eigenvalue weighted by Crippen LogP contribution is 2.37. The molecule has 2 atom stereocenters. The number of carbonyl (C=O) groups excluding carboxylic acids is 1. The molecule has 0 aliphatic carbocycles. The van der Waals surface area contributed by atoms with E-state index in [1.807, 2.05) is 12.1 Å². The van der Waals surface area contributed by atoms with Crippen LogP contribution >= 0.6 is 15.9 Å². The highest BCUT2D eigenvalue weighted by Gasteiger charge is 2.42. The molecule has 0 unspecified atom stereocenters. The number of ether oxygens (including phenoxy) is 2. The summed E-state index contributed by atoms with van der Waals surface area (Å²) in [5.41, 5.74) is 0.846. The van der Waals surface area contributed by atoms with Crippen molar-refractivity contribution in [3.63, 3.8) is 0 Å². The summed E-state index contributed by atoms with van der Waals surface area (Å²) in [7, 11) is 0. The molecule has 0 bridgehead atoms. The van der Waals surface area contributed by atoms with Crippen LogP contribution in [0.2, 0.25) is 0 Å². The summed E-state index contributed by atoms with van der Waals surface area (Å²) < 4.78 is 11.3. The molecule has 0 radical (unpaired) electrons. The van der Waals surface area contributed by atoms with Crippen molar-refractivity contribution in [2.75, 3.05) is 13.2 Å². The van der Waals surface area contributed by atoms with Gasteiger partial charge >= 0.3 is 6.09 Å². The predicted octanol–water partition coefficient (Wildman–Crippen LogP) is 2.20. The van der Waals surface area contributed by atoms with Crippen LogP contribution in [0.5, 0.6) is 0 Å². The Bertz CT molecular complexity index is 435. The lowest BCUT2D eigenvalue weighted by molar-refractivity contribution is 0.137. The van der Waals surface area contributed by atoms with Crippen molar-refractivity contribution in [1.82, 2.24) is 10.3 Å². The number of rotatable bonds is 5. The first-order chi connectivity index (χ1) is 8.70. The molecule has 1 aromatic rings. The van der Waals surface area contributed by atoms with Gasteiger partial charge in [0.2, 0.25) is 0 Å². The van der Waals surface area contributed by atoms with E-state index in [0.717, 1.165) is 10.2 Å². The molecule has 96 valence electrons. The van der Waals surface area contributed by atoms with E-state index in [1.165, 1.54) is 0 Å². The number of hydrogen-bond donors (Lipinski definition) is 1. The first kappa shape index (κ1) is 13.0. The van der Waals surface area contributed by atoms with E-state index in [1.54, 1.807) is 12.3 Å². The summed E-state index contributed by atoms with van der Waals surface area (Å²) in [6, 6.07) is 3.78. The molecule has 1 N–H and O–H groups in total. The van der Waals surface area contributed by atoms with Crippen molar-refractivity contribution in [2.45, 2.75) is 12.2 Å². The van der Waals surface area contributed by atoms with Gasteiger partial charge in [0.25, 0.3) is 0 Å². The molecule has 1 aliphatic heterocycles. The minimum absolute atomic E-state index is 0.0784. The smallest absolute Gasteiger partial charge is 0.407 e. The molecular formula is C12H13BrN2O3. The molecule has 0 aromatic carbocycles. The molecule has 2 heterocycles. The van der Waals surface area contributed by atoms with Gasteiger partial charge in [0, 0.05) is 17.2 Å². The van der Waals surface area contributed by atoms with E-state index >= 15 is 0 Å². The number of nitrogens with zero attached hydrogens (tertiary/aromatic N) is 1. The number of nitrogens with one attached hydrogen (secondary N) is 1. The highest BCUT2D eigenvalue weighted by molar-refractivity contribution is 9.10. The molecule has 1 saturated heterocycles. The molecular weight excluding hydrogens is 300 g/mol. The average Bonchev–Trinajstić information content (AvgIpc) is 3.14. The number of halogens is 1. The van der Waals surface area contributed by atoms with Gasteiger partial charge in [-0.05, 0) is 28.1 Å². The topological polar surface area (TPSA) is 63.8 Å². The molecule has 6 heteroatoms. The first-order valence-electron chi connectivity index (χ1n) is 5.49. The summed E-state index contributed by atoms with van der Waals surface area (Å²) in [6.07, 6.45) is 2.65. The van der Waals surface area contributed by atoms with Gasteiger partial charge < -0.3 is 14.8 Å². The second-order valence-electron chi connectivity index (χ2n) is 3.76. The number of alkyl carbamates (subject to hydrolysis) is 1. The van der Waals surface area contributed by atoms with Crippen LogP contribution < -0.4 is 5.32 Å². The third kappa shape index (κ3) is 3.54. The number of epoxide rings is 1. The third-order valence-corrected chi connectivity index (χ3v) is 2.86. The van der Waals surface area contributed by atoms with Crippen LogP contribution in [0.4, 0.5) is 4.79 Å². The molecule has 0 spiro atoms. The number of pyridine rings is 1. The largest absolute Gasteiger partial charge is 0.447 e. The van der Waals surface area contributed by atoms with Crippen molar-refractivity contribution in [3.8, 4) is 0 Å². The van der Waals surface area contributed by atoms with Gasteiger partial charge in [0.05, 0.1) is 5.69 Å². The van der Waals surface area contributed by atoms with Gasteiger partial charge in [-0.25, -0.2) is 4.79 Å². The van der Waals surface area contributed by atoms with Crippen LogP contribution in [0.3, 0.4) is 0 Å². The van der Waals surface area contributed by atoms with Crippen LogP contribution in [0.25, 0.3) is 0 Å². The molecule has 1 aromatic heterocycles. The van der Waals surface area contributed by atoms with E-state index in [0.29, 0.717) is 6.54 Å². The van der Waals surface area contributed by atoms with Crippen molar-refractivity contribution >= 4 is 22.0 Å². The number of aromatic nitrogens is 1. The quantitative estimate of drug-likeness (QED) is 0.668. The van der Waals surface area contributed by atoms with E-state index in [4.69, 9.17) is 9.47 Å². The minimum Gasteiger partial charge on any atom is -0.447 e. The molecule has 2 rings (SSSR count). The van der Waals surface area contributed by atoms with Crippen molar-refractivity contribution in [1.29, 1.82) is 0 Å². The van der Waals surface area contributed by atoms with E-state index < -0.39 is 6.09 Å². The summed E-state index contributed by atoms with van der Waals surface area (Å²) in [5, 5.41) is 2.52. The van der Waals surface area contributed by atoms with E-state index in [9.17, 15) is 4.79 Å². The van der Waals surface area contributed by atoms with Crippen LogP contribution in [0.15, 0.2) is 35.5 Å². The van der Waals surface area contributed by atoms with Crippen LogP contribution in [-0.2, 0) is 9.47 Å². The number of hydrogen-bond acceptors (Lipinski definition) is 4. The van der Waals surface area contributed by atoms with Crippen LogP contribution in [0.1, 0.15) is 11.8 Å².